The highest BCUT2D eigenvalue weighted by Gasteiger charge is 2.32. The molecule has 3 aromatic rings. The van der Waals surface area contributed by atoms with E-state index in [1.165, 1.54) is 11.1 Å². The van der Waals surface area contributed by atoms with Gasteiger partial charge < -0.3 is 10.2 Å². The summed E-state index contributed by atoms with van der Waals surface area (Å²) in [5.74, 6) is 0.728. The van der Waals surface area contributed by atoms with Gasteiger partial charge in [0.25, 0.3) is 0 Å². The van der Waals surface area contributed by atoms with Gasteiger partial charge in [0.15, 0.2) is 0 Å². The van der Waals surface area contributed by atoms with E-state index in [-0.39, 0.29) is 11.9 Å². The molecule has 1 atom stereocenters. The molecule has 0 spiro atoms. The molecular formula is C23H26N4O. The van der Waals surface area contributed by atoms with Crippen molar-refractivity contribution in [2.45, 2.75) is 39.2 Å². The molecule has 5 heteroatoms. The zero-order valence-corrected chi connectivity index (χ0v) is 16.5. The molecule has 0 radical (unpaired) electrons. The molecule has 5 nitrogen and oxygen atoms in total. The van der Waals surface area contributed by atoms with Gasteiger partial charge in [-0.05, 0) is 44.7 Å². The van der Waals surface area contributed by atoms with Crippen LogP contribution in [0.25, 0.3) is 10.9 Å². The van der Waals surface area contributed by atoms with E-state index >= 15 is 0 Å². The lowest BCUT2D eigenvalue weighted by Crippen LogP contribution is -2.44. The first kappa shape index (κ1) is 18.4. The van der Waals surface area contributed by atoms with E-state index in [4.69, 9.17) is 4.98 Å². The Morgan fingerprint density at radius 1 is 1.11 bits per heavy atom. The van der Waals surface area contributed by atoms with Crippen molar-refractivity contribution in [2.75, 3.05) is 18.0 Å². The van der Waals surface area contributed by atoms with Crippen LogP contribution in [0.2, 0.25) is 0 Å². The Balaban J connectivity index is 1.44. The maximum absolute atomic E-state index is 12.8. The molecule has 1 aliphatic rings. The van der Waals surface area contributed by atoms with Gasteiger partial charge in [-0.3, -0.25) is 4.79 Å². The van der Waals surface area contributed by atoms with Crippen molar-refractivity contribution in [3.63, 3.8) is 0 Å². The number of nitrogens with one attached hydrogen (secondary N) is 1. The van der Waals surface area contributed by atoms with E-state index in [0.717, 1.165) is 42.4 Å². The predicted molar refractivity (Wildman–Crippen MR) is 113 cm³/mol. The van der Waals surface area contributed by atoms with Gasteiger partial charge in [-0.1, -0.05) is 48.0 Å². The van der Waals surface area contributed by atoms with Crippen molar-refractivity contribution in [1.82, 2.24) is 15.3 Å². The largest absolute Gasteiger partial charge is 0.354 e. The second-order valence-corrected chi connectivity index (χ2v) is 7.50. The average molecular weight is 374 g/mol. The Bertz CT molecular complexity index is 984. The topological polar surface area (TPSA) is 58.1 Å². The van der Waals surface area contributed by atoms with Crippen molar-refractivity contribution >= 4 is 22.8 Å². The fourth-order valence-corrected chi connectivity index (χ4v) is 3.83. The van der Waals surface area contributed by atoms with Crippen LogP contribution in [0.3, 0.4) is 0 Å². The van der Waals surface area contributed by atoms with Crippen LogP contribution < -0.4 is 10.2 Å². The second-order valence-electron chi connectivity index (χ2n) is 7.50. The summed E-state index contributed by atoms with van der Waals surface area (Å²) in [6.07, 6.45) is 2.65. The number of hydrogen-bond donors (Lipinski definition) is 1. The van der Waals surface area contributed by atoms with Crippen LogP contribution in [0, 0.1) is 13.8 Å². The standard InChI is InChI=1S/C23H26N4O/c1-16-9-11-18(12-10-16)13-14-24-22(28)21-8-5-15-27(21)23-25-17(2)19-6-3-4-7-20(19)26-23/h3-4,6-7,9-12,21H,5,8,13-15H2,1-2H3,(H,24,28)/t21-/m1/s1. The maximum Gasteiger partial charge on any atom is 0.242 e. The van der Waals surface area contributed by atoms with Crippen LogP contribution in [0.5, 0.6) is 0 Å². The minimum atomic E-state index is -0.196. The molecule has 1 fully saturated rings. The Kier molecular flexibility index (Phi) is 5.24. The van der Waals surface area contributed by atoms with Crippen LogP contribution in [-0.4, -0.2) is 35.0 Å². The molecule has 1 aliphatic heterocycles. The van der Waals surface area contributed by atoms with Gasteiger partial charge in [-0.25, -0.2) is 9.97 Å². The number of aromatic nitrogens is 2. The molecule has 2 aromatic carbocycles. The highest BCUT2D eigenvalue weighted by Crippen LogP contribution is 2.25. The third-order valence-corrected chi connectivity index (χ3v) is 5.43. The van der Waals surface area contributed by atoms with Crippen molar-refractivity contribution in [3.05, 3.63) is 65.4 Å². The molecule has 0 unspecified atom stereocenters. The van der Waals surface area contributed by atoms with Crippen LogP contribution in [0.4, 0.5) is 5.95 Å². The number of hydrogen-bond acceptors (Lipinski definition) is 4. The lowest BCUT2D eigenvalue weighted by Gasteiger charge is -2.24. The van der Waals surface area contributed by atoms with E-state index in [1.807, 2.05) is 31.2 Å². The van der Waals surface area contributed by atoms with Crippen molar-refractivity contribution in [2.24, 2.45) is 0 Å². The second kappa shape index (κ2) is 7.97. The summed E-state index contributed by atoms with van der Waals surface area (Å²) in [5, 5.41) is 4.16. The smallest absolute Gasteiger partial charge is 0.242 e. The quantitative estimate of drug-likeness (QED) is 0.742. The highest BCUT2D eigenvalue weighted by molar-refractivity contribution is 5.86. The maximum atomic E-state index is 12.8. The van der Waals surface area contributed by atoms with Gasteiger partial charge in [0.05, 0.1) is 11.2 Å². The van der Waals surface area contributed by atoms with Crippen LogP contribution in [-0.2, 0) is 11.2 Å². The summed E-state index contributed by atoms with van der Waals surface area (Å²) in [7, 11) is 0. The third kappa shape index (κ3) is 3.84. The average Bonchev–Trinajstić information content (AvgIpc) is 3.19. The van der Waals surface area contributed by atoms with E-state index < -0.39 is 0 Å². The number of aryl methyl sites for hydroxylation is 2. The summed E-state index contributed by atoms with van der Waals surface area (Å²) in [5.41, 5.74) is 4.36. The summed E-state index contributed by atoms with van der Waals surface area (Å²) >= 11 is 0. The first-order chi connectivity index (χ1) is 13.6. The van der Waals surface area contributed by atoms with E-state index in [0.29, 0.717) is 12.5 Å². The number of carbonyl (C=O) groups is 1. The Morgan fingerprint density at radius 2 is 1.89 bits per heavy atom. The van der Waals surface area contributed by atoms with Gasteiger partial charge in [0.1, 0.15) is 6.04 Å². The summed E-state index contributed by atoms with van der Waals surface area (Å²) in [6.45, 7) is 5.54. The van der Waals surface area contributed by atoms with Crippen molar-refractivity contribution < 1.29 is 4.79 Å². The normalized spacial score (nSPS) is 16.5. The highest BCUT2D eigenvalue weighted by atomic mass is 16.2. The lowest BCUT2D eigenvalue weighted by atomic mass is 10.1. The fourth-order valence-electron chi connectivity index (χ4n) is 3.83. The minimum Gasteiger partial charge on any atom is -0.354 e. The molecule has 4 rings (SSSR count). The Morgan fingerprint density at radius 3 is 2.71 bits per heavy atom. The van der Waals surface area contributed by atoms with E-state index in [2.05, 4.69) is 46.4 Å². The predicted octanol–water partition coefficient (Wildman–Crippen LogP) is 3.57. The summed E-state index contributed by atoms with van der Waals surface area (Å²) < 4.78 is 0. The number of nitrogens with zero attached hydrogens (tertiary/aromatic N) is 3. The van der Waals surface area contributed by atoms with Gasteiger partial charge >= 0.3 is 0 Å². The molecule has 1 aromatic heterocycles. The third-order valence-electron chi connectivity index (χ3n) is 5.43. The summed E-state index contributed by atoms with van der Waals surface area (Å²) in [4.78, 5) is 24.3. The number of para-hydroxylation sites is 1. The molecule has 0 saturated carbocycles. The van der Waals surface area contributed by atoms with Gasteiger partial charge in [-0.15, -0.1) is 0 Å². The number of rotatable bonds is 5. The summed E-state index contributed by atoms with van der Waals surface area (Å²) in [6, 6.07) is 16.3. The SMILES string of the molecule is Cc1ccc(CCNC(=O)[C@H]2CCCN2c2nc(C)c3ccccc3n2)cc1. The van der Waals surface area contributed by atoms with Gasteiger partial charge in [-0.2, -0.15) is 0 Å². The Hall–Kier alpha value is -2.95. The van der Waals surface area contributed by atoms with Crippen LogP contribution >= 0.6 is 0 Å². The van der Waals surface area contributed by atoms with Crippen molar-refractivity contribution in [3.8, 4) is 0 Å². The molecule has 0 bridgehead atoms. The molecule has 1 saturated heterocycles. The number of benzene rings is 2. The Labute approximate surface area is 165 Å². The molecule has 1 amide bonds. The molecule has 0 aliphatic carbocycles. The first-order valence-corrected chi connectivity index (χ1v) is 9.95. The van der Waals surface area contributed by atoms with E-state index in [1.54, 1.807) is 0 Å². The molecule has 28 heavy (non-hydrogen) atoms. The van der Waals surface area contributed by atoms with Gasteiger partial charge in [0.2, 0.25) is 11.9 Å². The van der Waals surface area contributed by atoms with Gasteiger partial charge in [0, 0.05) is 18.5 Å². The van der Waals surface area contributed by atoms with Crippen LogP contribution in [0.15, 0.2) is 48.5 Å². The zero-order chi connectivity index (χ0) is 19.5. The van der Waals surface area contributed by atoms with Crippen molar-refractivity contribution in [1.29, 1.82) is 0 Å². The number of carbonyl (C=O) groups excluding carboxylic acids is 1. The molecule has 144 valence electrons. The minimum absolute atomic E-state index is 0.0685. The number of anilines is 1. The number of fused-ring (bicyclic) bond motifs is 1. The lowest BCUT2D eigenvalue weighted by molar-refractivity contribution is -0.122. The molecule has 2 heterocycles. The molecule has 1 N–H and O–H groups in total. The monoisotopic (exact) mass is 374 g/mol. The first-order valence-electron chi connectivity index (χ1n) is 9.95. The number of amides is 1. The van der Waals surface area contributed by atoms with E-state index in [9.17, 15) is 4.79 Å². The fraction of sp³-hybridized carbons (Fsp3) is 0.348. The molecular weight excluding hydrogens is 348 g/mol. The zero-order valence-electron chi connectivity index (χ0n) is 16.5. The van der Waals surface area contributed by atoms with Crippen LogP contribution in [0.1, 0.15) is 29.7 Å².